The third-order valence-electron chi connectivity index (χ3n) is 3.21. The Hall–Kier alpha value is -1.12. The average Bonchev–Trinajstić information content (AvgIpc) is 2.43. The van der Waals surface area contributed by atoms with Crippen LogP contribution in [0.2, 0.25) is 0 Å². The van der Waals surface area contributed by atoms with Crippen molar-refractivity contribution in [3.63, 3.8) is 0 Å². The number of unbranched alkanes of at least 4 members (excludes halogenated alkanes) is 9. The molecule has 0 rings (SSSR count). The fraction of sp³-hybridized carbons (Fsp3) is 0.706. The first-order valence-corrected chi connectivity index (χ1v) is 7.81. The second-order valence-electron chi connectivity index (χ2n) is 5.08. The summed E-state index contributed by atoms with van der Waals surface area (Å²) in [5, 5.41) is 0. The second kappa shape index (κ2) is 14.3. The normalized spacial score (nSPS) is 10.9. The van der Waals surface area contributed by atoms with E-state index in [0.29, 0.717) is 6.61 Å². The van der Waals surface area contributed by atoms with E-state index in [0.717, 1.165) is 19.3 Å². The minimum Gasteiger partial charge on any atom is -0.460 e. The van der Waals surface area contributed by atoms with Gasteiger partial charge in [-0.05, 0) is 26.2 Å². The number of carbonyl (C=O) groups excluding carboxylic acids is 1. The van der Waals surface area contributed by atoms with Gasteiger partial charge in [-0.3, -0.25) is 0 Å². The maximum atomic E-state index is 12.3. The van der Waals surface area contributed by atoms with Gasteiger partial charge < -0.3 is 4.74 Å². The SMILES string of the molecule is C=C(F)C(=O)OCCCCCCCCCCC/C=C/C. The summed E-state index contributed by atoms with van der Waals surface area (Å²) in [4.78, 5) is 10.7. The van der Waals surface area contributed by atoms with Crippen LogP contribution in [0.5, 0.6) is 0 Å². The number of ether oxygens (including phenoxy) is 1. The number of carbonyl (C=O) groups is 1. The fourth-order valence-electron chi connectivity index (χ4n) is 2.01. The molecule has 2 nitrogen and oxygen atoms in total. The van der Waals surface area contributed by atoms with Crippen molar-refractivity contribution in [2.24, 2.45) is 0 Å². The van der Waals surface area contributed by atoms with Gasteiger partial charge in [0, 0.05) is 0 Å². The Morgan fingerprint density at radius 3 is 2.00 bits per heavy atom. The van der Waals surface area contributed by atoms with Crippen molar-refractivity contribution in [2.75, 3.05) is 6.61 Å². The van der Waals surface area contributed by atoms with Crippen LogP contribution >= 0.6 is 0 Å². The zero-order valence-electron chi connectivity index (χ0n) is 12.8. The van der Waals surface area contributed by atoms with E-state index in [1.54, 1.807) is 0 Å². The predicted molar refractivity (Wildman–Crippen MR) is 82.2 cm³/mol. The van der Waals surface area contributed by atoms with Crippen LogP contribution in [0.4, 0.5) is 4.39 Å². The van der Waals surface area contributed by atoms with E-state index in [2.05, 4.69) is 30.4 Å². The lowest BCUT2D eigenvalue weighted by atomic mass is 10.1. The van der Waals surface area contributed by atoms with E-state index in [-0.39, 0.29) is 0 Å². The van der Waals surface area contributed by atoms with Crippen molar-refractivity contribution in [3.8, 4) is 0 Å². The Bertz CT molecular complexity index is 285. The molecule has 0 aromatic carbocycles. The number of halogens is 1. The summed E-state index contributed by atoms with van der Waals surface area (Å²) in [6.07, 6.45) is 16.3. The molecule has 0 bridgehead atoms. The molecule has 0 heterocycles. The highest BCUT2D eigenvalue weighted by Gasteiger charge is 2.05. The number of hydrogen-bond acceptors (Lipinski definition) is 2. The molecule has 0 N–H and O–H groups in total. The van der Waals surface area contributed by atoms with Crippen LogP contribution in [0.15, 0.2) is 24.6 Å². The van der Waals surface area contributed by atoms with Gasteiger partial charge in [0.1, 0.15) is 0 Å². The average molecular weight is 284 g/mol. The topological polar surface area (TPSA) is 26.3 Å². The lowest BCUT2D eigenvalue weighted by Gasteiger charge is -2.03. The van der Waals surface area contributed by atoms with Gasteiger partial charge in [-0.25, -0.2) is 4.79 Å². The third-order valence-corrected chi connectivity index (χ3v) is 3.21. The minimum atomic E-state index is -1.01. The molecular formula is C17H29FO2. The molecule has 0 amide bonds. The molecule has 116 valence electrons. The highest BCUT2D eigenvalue weighted by Crippen LogP contribution is 2.11. The Morgan fingerprint density at radius 1 is 1.00 bits per heavy atom. The van der Waals surface area contributed by atoms with Crippen molar-refractivity contribution in [1.82, 2.24) is 0 Å². The van der Waals surface area contributed by atoms with Gasteiger partial charge in [0.25, 0.3) is 0 Å². The zero-order valence-corrected chi connectivity index (χ0v) is 12.8. The van der Waals surface area contributed by atoms with E-state index in [4.69, 9.17) is 0 Å². The van der Waals surface area contributed by atoms with Crippen LogP contribution < -0.4 is 0 Å². The first kappa shape index (κ1) is 18.9. The summed E-state index contributed by atoms with van der Waals surface area (Å²) in [7, 11) is 0. The highest BCUT2D eigenvalue weighted by atomic mass is 19.1. The van der Waals surface area contributed by atoms with E-state index < -0.39 is 11.8 Å². The summed E-state index contributed by atoms with van der Waals surface area (Å²) >= 11 is 0. The van der Waals surface area contributed by atoms with Crippen molar-refractivity contribution in [1.29, 1.82) is 0 Å². The largest absolute Gasteiger partial charge is 0.460 e. The van der Waals surface area contributed by atoms with Crippen molar-refractivity contribution < 1.29 is 13.9 Å². The molecule has 3 heteroatoms. The molecule has 0 fully saturated rings. The van der Waals surface area contributed by atoms with Gasteiger partial charge in [-0.15, -0.1) is 0 Å². The van der Waals surface area contributed by atoms with Crippen LogP contribution in [0.1, 0.15) is 71.1 Å². The fourth-order valence-corrected chi connectivity index (χ4v) is 2.01. The summed E-state index contributed by atoms with van der Waals surface area (Å²) in [6.45, 7) is 5.25. The third kappa shape index (κ3) is 13.3. The van der Waals surface area contributed by atoms with E-state index >= 15 is 0 Å². The van der Waals surface area contributed by atoms with Gasteiger partial charge in [-0.2, -0.15) is 4.39 Å². The van der Waals surface area contributed by atoms with Crippen LogP contribution in [0.3, 0.4) is 0 Å². The Kier molecular flexibility index (Phi) is 13.5. The molecule has 0 aromatic heterocycles. The summed E-state index contributed by atoms with van der Waals surface area (Å²) in [5.74, 6) is -1.94. The van der Waals surface area contributed by atoms with Gasteiger partial charge >= 0.3 is 5.97 Å². The minimum absolute atomic E-state index is 0.298. The summed E-state index contributed by atoms with van der Waals surface area (Å²) in [6, 6.07) is 0. The Balaban J connectivity index is 3.10. The molecule has 0 saturated carbocycles. The van der Waals surface area contributed by atoms with Gasteiger partial charge in [-0.1, -0.05) is 63.7 Å². The molecule has 0 atom stereocenters. The van der Waals surface area contributed by atoms with E-state index in [1.165, 1.54) is 44.9 Å². The second-order valence-corrected chi connectivity index (χ2v) is 5.08. The van der Waals surface area contributed by atoms with Crippen molar-refractivity contribution in [3.05, 3.63) is 24.6 Å². The molecule has 0 aliphatic heterocycles. The lowest BCUT2D eigenvalue weighted by molar-refractivity contribution is -0.140. The first-order valence-electron chi connectivity index (χ1n) is 7.81. The standard InChI is InChI=1S/C17H29FO2/c1-3-4-5-6-7-8-9-10-11-12-13-14-15-20-17(19)16(2)18/h3-4H,2,5-15H2,1H3/b4-3+. The quantitative estimate of drug-likeness (QED) is 0.193. The molecule has 0 aliphatic rings. The Morgan fingerprint density at radius 2 is 1.50 bits per heavy atom. The number of rotatable bonds is 13. The molecule has 0 aliphatic carbocycles. The number of allylic oxidation sites excluding steroid dienone is 2. The molecular weight excluding hydrogens is 255 g/mol. The molecule has 0 spiro atoms. The van der Waals surface area contributed by atoms with Crippen LogP contribution in [-0.2, 0) is 9.53 Å². The summed E-state index contributed by atoms with van der Waals surface area (Å²) in [5.41, 5.74) is 0. The summed E-state index contributed by atoms with van der Waals surface area (Å²) < 4.78 is 16.9. The molecule has 0 aromatic rings. The van der Waals surface area contributed by atoms with Crippen LogP contribution in [0, 0.1) is 0 Å². The maximum absolute atomic E-state index is 12.3. The lowest BCUT2D eigenvalue weighted by Crippen LogP contribution is -2.05. The molecule has 0 radical (unpaired) electrons. The smallest absolute Gasteiger partial charge is 0.366 e. The van der Waals surface area contributed by atoms with Gasteiger partial charge in [0.2, 0.25) is 5.83 Å². The number of esters is 1. The zero-order chi connectivity index (χ0) is 15.1. The first-order chi connectivity index (χ1) is 9.68. The monoisotopic (exact) mass is 284 g/mol. The molecule has 0 unspecified atom stereocenters. The molecule has 0 saturated heterocycles. The van der Waals surface area contributed by atoms with E-state index in [9.17, 15) is 9.18 Å². The van der Waals surface area contributed by atoms with Crippen LogP contribution in [-0.4, -0.2) is 12.6 Å². The van der Waals surface area contributed by atoms with Gasteiger partial charge in [0.15, 0.2) is 0 Å². The molecule has 20 heavy (non-hydrogen) atoms. The van der Waals surface area contributed by atoms with Crippen molar-refractivity contribution in [2.45, 2.75) is 71.1 Å². The predicted octanol–water partition coefficient (Wildman–Crippen LogP) is 5.49. The number of hydrogen-bond donors (Lipinski definition) is 0. The highest BCUT2D eigenvalue weighted by molar-refractivity contribution is 5.85. The van der Waals surface area contributed by atoms with Gasteiger partial charge in [0.05, 0.1) is 6.61 Å². The van der Waals surface area contributed by atoms with E-state index in [1.807, 2.05) is 0 Å². The maximum Gasteiger partial charge on any atom is 0.366 e. The van der Waals surface area contributed by atoms with Crippen LogP contribution in [0.25, 0.3) is 0 Å². The Labute approximate surface area is 123 Å². The van der Waals surface area contributed by atoms with Crippen molar-refractivity contribution >= 4 is 5.97 Å².